The minimum atomic E-state index is -4.02. The lowest BCUT2D eigenvalue weighted by Crippen LogP contribution is -2.25. The van der Waals surface area contributed by atoms with Gasteiger partial charge in [-0.25, -0.2) is 4.58 Å². The molecule has 59 heavy (non-hydrogen) atoms. The second-order valence-electron chi connectivity index (χ2n) is 14.3. The van der Waals surface area contributed by atoms with Gasteiger partial charge in [-0.1, -0.05) is 54.6 Å². The van der Waals surface area contributed by atoms with Gasteiger partial charge in [0.05, 0.1) is 11.5 Å². The van der Waals surface area contributed by atoms with E-state index < -0.39 is 20.2 Å². The van der Waals surface area contributed by atoms with Gasteiger partial charge in [0.1, 0.15) is 13.1 Å². The fourth-order valence-corrected chi connectivity index (χ4v) is 8.35. The van der Waals surface area contributed by atoms with Crippen molar-refractivity contribution in [1.82, 2.24) is 0 Å². The summed E-state index contributed by atoms with van der Waals surface area (Å²) in [4.78, 5) is 6.75. The number of benzene rings is 3. The summed E-state index contributed by atoms with van der Waals surface area (Å²) in [5.74, 6) is -0.547. The molecular formula is C47H63N4O6S2+. The van der Waals surface area contributed by atoms with E-state index in [1.165, 1.54) is 11.4 Å². The molecule has 4 rings (SSSR count). The van der Waals surface area contributed by atoms with Crippen LogP contribution in [0.2, 0.25) is 0 Å². The van der Waals surface area contributed by atoms with E-state index in [0.717, 1.165) is 71.0 Å². The molecule has 0 aliphatic heterocycles. The van der Waals surface area contributed by atoms with Gasteiger partial charge in [-0.3, -0.25) is 9.11 Å². The predicted molar refractivity (Wildman–Crippen MR) is 248 cm³/mol. The Balaban J connectivity index is 1.78. The molecule has 0 saturated carbocycles. The fourth-order valence-electron chi connectivity index (χ4n) is 7.36. The zero-order valence-electron chi connectivity index (χ0n) is 35.6. The average molecular weight is 844 g/mol. The first kappa shape index (κ1) is 46.9. The summed E-state index contributed by atoms with van der Waals surface area (Å²) in [5, 5.41) is 0. The van der Waals surface area contributed by atoms with E-state index in [1.54, 1.807) is 0 Å². The van der Waals surface area contributed by atoms with Gasteiger partial charge in [-0.05, 0) is 130 Å². The first-order chi connectivity index (χ1) is 28.2. The molecule has 3 aromatic carbocycles. The molecule has 0 saturated heterocycles. The maximum Gasteiger partial charge on any atom is 0.265 e. The van der Waals surface area contributed by atoms with Gasteiger partial charge in [0.2, 0.25) is 0 Å². The Morgan fingerprint density at radius 2 is 1.00 bits per heavy atom. The normalized spacial score (nSPS) is 13.3. The Morgan fingerprint density at radius 3 is 1.42 bits per heavy atom. The zero-order valence-corrected chi connectivity index (χ0v) is 37.2. The summed E-state index contributed by atoms with van der Waals surface area (Å²) < 4.78 is 65.9. The zero-order chi connectivity index (χ0) is 43.0. The number of hydrogen-bond donors (Lipinski definition) is 2. The Labute approximate surface area is 353 Å². The third-order valence-corrected chi connectivity index (χ3v) is 12.3. The molecule has 3 aromatic rings. The highest BCUT2D eigenvalue weighted by Gasteiger charge is 2.16. The van der Waals surface area contributed by atoms with Crippen LogP contribution in [-0.2, 0) is 20.2 Å². The molecule has 0 aromatic heterocycles. The topological polar surface area (TPSA) is 121 Å². The first-order valence-electron chi connectivity index (χ1n) is 20.8. The smallest absolute Gasteiger partial charge is 0.265 e. The molecule has 1 aliphatic carbocycles. The molecule has 0 spiro atoms. The molecule has 0 bridgehead atoms. The monoisotopic (exact) mass is 843 g/mol. The molecule has 10 nitrogen and oxygen atoms in total. The maximum atomic E-state index is 11.3. The van der Waals surface area contributed by atoms with Crippen molar-refractivity contribution in [3.8, 4) is 0 Å². The lowest BCUT2D eigenvalue weighted by Gasteiger charge is -2.23. The van der Waals surface area contributed by atoms with Crippen LogP contribution in [0.25, 0.3) is 11.1 Å². The van der Waals surface area contributed by atoms with Crippen molar-refractivity contribution in [3.63, 3.8) is 0 Å². The minimum absolute atomic E-state index is 0.273. The maximum absolute atomic E-state index is 11.3. The van der Waals surface area contributed by atoms with E-state index in [-0.39, 0.29) is 11.5 Å². The molecule has 1 aliphatic rings. The molecule has 0 unspecified atom stereocenters. The van der Waals surface area contributed by atoms with Crippen LogP contribution in [0.5, 0.6) is 0 Å². The largest absolute Gasteiger partial charge is 0.372 e. The van der Waals surface area contributed by atoms with E-state index in [1.807, 2.05) is 13.8 Å². The second-order valence-corrected chi connectivity index (χ2v) is 17.5. The van der Waals surface area contributed by atoms with Crippen LogP contribution in [0.4, 0.5) is 17.1 Å². The number of nitrogens with zero attached hydrogens (tertiary/aromatic N) is 4. The quantitative estimate of drug-likeness (QED) is 0.0581. The van der Waals surface area contributed by atoms with Gasteiger partial charge in [-0.15, -0.1) is 0 Å². The highest BCUT2D eigenvalue weighted by atomic mass is 32.2. The summed E-state index contributed by atoms with van der Waals surface area (Å²) in [6.07, 6.45) is 15.4. The van der Waals surface area contributed by atoms with E-state index in [9.17, 15) is 25.9 Å². The molecule has 318 valence electrons. The molecule has 0 amide bonds. The van der Waals surface area contributed by atoms with Gasteiger partial charge in [0.15, 0.2) is 5.71 Å². The number of allylic oxidation sites excluding steroid dienone is 9. The second kappa shape index (κ2) is 22.6. The molecule has 0 radical (unpaired) electrons. The van der Waals surface area contributed by atoms with Crippen LogP contribution in [0.15, 0.2) is 121 Å². The number of rotatable bonds is 22. The fraction of sp³-hybridized carbons (Fsp3) is 0.383. The summed E-state index contributed by atoms with van der Waals surface area (Å²) in [6, 6.07) is 25.7. The Hall–Kier alpha value is -4.75. The highest BCUT2D eigenvalue weighted by Crippen LogP contribution is 2.30. The van der Waals surface area contributed by atoms with Crippen molar-refractivity contribution >= 4 is 54.2 Å². The van der Waals surface area contributed by atoms with E-state index in [2.05, 4.69) is 162 Å². The van der Waals surface area contributed by atoms with Crippen molar-refractivity contribution in [1.29, 1.82) is 0 Å². The number of hydrogen-bond acceptors (Lipinski definition) is 7. The lowest BCUT2D eigenvalue weighted by atomic mass is 9.94. The van der Waals surface area contributed by atoms with Crippen molar-refractivity contribution in [3.05, 3.63) is 138 Å². The van der Waals surface area contributed by atoms with Crippen molar-refractivity contribution in [2.45, 2.75) is 54.4 Å². The van der Waals surface area contributed by atoms with Crippen LogP contribution >= 0.6 is 0 Å². The molecule has 12 heteroatoms. The van der Waals surface area contributed by atoms with E-state index in [0.29, 0.717) is 39.0 Å². The van der Waals surface area contributed by atoms with Crippen molar-refractivity contribution in [2.24, 2.45) is 0 Å². The summed E-state index contributed by atoms with van der Waals surface area (Å²) in [6.45, 7) is 18.8. The summed E-state index contributed by atoms with van der Waals surface area (Å²) in [5.41, 5.74) is 10.6. The average Bonchev–Trinajstić information content (AvgIpc) is 3.22. The van der Waals surface area contributed by atoms with Gasteiger partial charge in [-0.2, -0.15) is 16.8 Å². The Bertz CT molecular complexity index is 2210. The van der Waals surface area contributed by atoms with Crippen molar-refractivity contribution < 1.29 is 30.5 Å². The van der Waals surface area contributed by atoms with Gasteiger partial charge < -0.3 is 14.7 Å². The highest BCUT2D eigenvalue weighted by molar-refractivity contribution is 7.86. The van der Waals surface area contributed by atoms with E-state index >= 15 is 0 Å². The molecule has 0 atom stereocenters. The van der Waals surface area contributed by atoms with E-state index in [4.69, 9.17) is 0 Å². The van der Waals surface area contributed by atoms with Gasteiger partial charge >= 0.3 is 0 Å². The predicted octanol–water partition coefficient (Wildman–Crippen LogP) is 8.80. The third-order valence-electron chi connectivity index (χ3n) is 10.7. The van der Waals surface area contributed by atoms with Gasteiger partial charge in [0, 0.05) is 74.9 Å². The summed E-state index contributed by atoms with van der Waals surface area (Å²) >= 11 is 0. The Morgan fingerprint density at radius 1 is 0.576 bits per heavy atom. The van der Waals surface area contributed by atoms with Crippen LogP contribution in [0.3, 0.4) is 0 Å². The standard InChI is InChI=1S/C47H62N4O6S2/c1-7-48(8-2)42-26-18-38(19-27-42)46(40-22-30-44(31-23-40)50(11-5)34-14-36-58(52,53)54)16-13-17-47(39-20-28-43(29-21-39)49(9-3)10-4)41-24-32-45(33-25-41)51(12-6)35-15-37-59(55,56)57/h13,16-33H,7-12,14-15,34-37H2,1-6H3,(H-,52,53,54,55,56,57)/p+1. The lowest BCUT2D eigenvalue weighted by molar-refractivity contribution is -0.522. The molecule has 0 heterocycles. The van der Waals surface area contributed by atoms with Crippen LogP contribution in [0.1, 0.15) is 71.1 Å². The SMILES string of the molecule is CCN(CC)c1ccc(C(=CC=CC(=C2C=CC(=[N+](CC)CCCS(=O)(=O)O)C=C2)c2ccc(N(CC)CC)cc2)c2ccc(N(CC)CCCS(=O)(=O)O)cc2)cc1. The third kappa shape index (κ3) is 14.2. The first-order valence-corrected chi connectivity index (χ1v) is 24.0. The summed E-state index contributed by atoms with van der Waals surface area (Å²) in [7, 11) is -8.03. The van der Waals surface area contributed by atoms with Crippen LogP contribution in [-0.4, -0.2) is 100 Å². The van der Waals surface area contributed by atoms with Gasteiger partial charge in [0.25, 0.3) is 20.2 Å². The molecule has 2 N–H and O–H groups in total. The van der Waals surface area contributed by atoms with Crippen molar-refractivity contribution in [2.75, 3.05) is 78.6 Å². The molecule has 0 fully saturated rings. The Kier molecular flexibility index (Phi) is 18.0. The van der Waals surface area contributed by atoms with Crippen LogP contribution in [0, 0.1) is 0 Å². The molecular weight excluding hydrogens is 781 g/mol. The number of anilines is 3. The minimum Gasteiger partial charge on any atom is -0.372 e. The van der Waals surface area contributed by atoms with Crippen LogP contribution < -0.4 is 14.7 Å².